The molecule has 0 aliphatic carbocycles. The maximum absolute atomic E-state index is 12.7. The van der Waals surface area contributed by atoms with Gasteiger partial charge in [0, 0.05) is 38.1 Å². The zero-order valence-corrected chi connectivity index (χ0v) is 17.7. The predicted molar refractivity (Wildman–Crippen MR) is 114 cm³/mol. The Morgan fingerprint density at radius 2 is 1.93 bits per heavy atom. The highest BCUT2D eigenvalue weighted by Gasteiger charge is 2.28. The Morgan fingerprint density at radius 3 is 2.55 bits per heavy atom. The third kappa shape index (κ3) is 4.74. The van der Waals surface area contributed by atoms with Crippen molar-refractivity contribution in [1.29, 1.82) is 0 Å². The van der Waals surface area contributed by atoms with E-state index in [1.54, 1.807) is 42.6 Å². The van der Waals surface area contributed by atoms with Gasteiger partial charge in [0.15, 0.2) is 0 Å². The Balaban J connectivity index is 1.71. The van der Waals surface area contributed by atoms with Crippen molar-refractivity contribution >= 4 is 22.0 Å². The van der Waals surface area contributed by atoms with Gasteiger partial charge in [-0.3, -0.25) is 9.78 Å². The monoisotopic (exact) mass is 413 g/mol. The molecule has 1 unspecified atom stereocenters. The fourth-order valence-corrected chi connectivity index (χ4v) is 5.13. The summed E-state index contributed by atoms with van der Waals surface area (Å²) in [6.45, 7) is 5.23. The van der Waals surface area contributed by atoms with Gasteiger partial charge < -0.3 is 4.90 Å². The van der Waals surface area contributed by atoms with Crippen molar-refractivity contribution in [3.05, 3.63) is 66.0 Å². The summed E-state index contributed by atoms with van der Waals surface area (Å²) >= 11 is 0. The van der Waals surface area contributed by atoms with E-state index in [9.17, 15) is 13.2 Å². The van der Waals surface area contributed by atoms with Crippen molar-refractivity contribution in [3.8, 4) is 0 Å². The zero-order valence-electron chi connectivity index (χ0n) is 16.9. The topological polar surface area (TPSA) is 70.6 Å². The molecule has 0 bridgehead atoms. The van der Waals surface area contributed by atoms with Crippen molar-refractivity contribution in [2.75, 3.05) is 19.6 Å². The second kappa shape index (κ2) is 9.33. The molecule has 0 spiro atoms. The normalized spacial score (nSPS) is 17.3. The van der Waals surface area contributed by atoms with Crippen LogP contribution in [0.4, 0.5) is 0 Å². The molecule has 29 heavy (non-hydrogen) atoms. The maximum atomic E-state index is 12.7. The second-order valence-electron chi connectivity index (χ2n) is 6.97. The highest BCUT2D eigenvalue weighted by Crippen LogP contribution is 2.31. The smallest absolute Gasteiger partial charge is 0.247 e. The van der Waals surface area contributed by atoms with Crippen LogP contribution in [-0.4, -0.2) is 48.1 Å². The number of aromatic nitrogens is 1. The van der Waals surface area contributed by atoms with Gasteiger partial charge in [-0.1, -0.05) is 32.0 Å². The standard InChI is InChI=1S/C22H27N3O3S/c1-3-24(4-2)29(27,28)20-12-9-18(10-13-20)11-14-22(26)25-16-6-8-21(25)19-7-5-15-23-17-19/h5,7,9-15,17,21H,3-4,6,8,16H2,1-2H3. The van der Waals surface area contributed by atoms with Gasteiger partial charge >= 0.3 is 0 Å². The summed E-state index contributed by atoms with van der Waals surface area (Å²) in [5.74, 6) is -0.0452. The summed E-state index contributed by atoms with van der Waals surface area (Å²) in [6, 6.07) is 10.6. The molecule has 154 valence electrons. The fourth-order valence-electron chi connectivity index (χ4n) is 3.68. The van der Waals surface area contributed by atoms with E-state index >= 15 is 0 Å². The molecule has 1 amide bonds. The molecule has 0 N–H and O–H groups in total. The highest BCUT2D eigenvalue weighted by atomic mass is 32.2. The number of rotatable bonds is 7. The van der Waals surface area contributed by atoms with E-state index in [1.807, 2.05) is 37.1 Å². The van der Waals surface area contributed by atoms with E-state index in [2.05, 4.69) is 4.98 Å². The van der Waals surface area contributed by atoms with Crippen molar-refractivity contribution in [3.63, 3.8) is 0 Å². The number of carbonyl (C=O) groups excluding carboxylic acids is 1. The van der Waals surface area contributed by atoms with E-state index in [0.717, 1.165) is 30.5 Å². The number of sulfonamides is 1. The van der Waals surface area contributed by atoms with E-state index < -0.39 is 10.0 Å². The minimum atomic E-state index is -3.47. The first-order valence-corrected chi connectivity index (χ1v) is 11.4. The van der Waals surface area contributed by atoms with E-state index in [1.165, 1.54) is 4.31 Å². The third-order valence-corrected chi connectivity index (χ3v) is 7.31. The summed E-state index contributed by atoms with van der Waals surface area (Å²) in [4.78, 5) is 19.0. The van der Waals surface area contributed by atoms with Crippen LogP contribution in [0, 0.1) is 0 Å². The molecule has 0 saturated carbocycles. The van der Waals surface area contributed by atoms with E-state index in [-0.39, 0.29) is 16.8 Å². The molecular weight excluding hydrogens is 386 g/mol. The highest BCUT2D eigenvalue weighted by molar-refractivity contribution is 7.89. The van der Waals surface area contributed by atoms with Crippen molar-refractivity contribution in [2.45, 2.75) is 37.6 Å². The number of nitrogens with zero attached hydrogens (tertiary/aromatic N) is 3. The maximum Gasteiger partial charge on any atom is 0.247 e. The van der Waals surface area contributed by atoms with Crippen LogP contribution >= 0.6 is 0 Å². The molecule has 1 aliphatic heterocycles. The van der Waals surface area contributed by atoms with Gasteiger partial charge in [0.25, 0.3) is 0 Å². The number of pyridine rings is 1. The molecule has 7 heteroatoms. The molecule has 1 aromatic heterocycles. The van der Waals surface area contributed by atoms with Gasteiger partial charge in [-0.25, -0.2) is 8.42 Å². The molecule has 3 rings (SSSR count). The van der Waals surface area contributed by atoms with Crippen LogP contribution in [0.15, 0.2) is 59.8 Å². The summed E-state index contributed by atoms with van der Waals surface area (Å²) < 4.78 is 26.5. The number of hydrogen-bond donors (Lipinski definition) is 0. The van der Waals surface area contributed by atoms with Gasteiger partial charge in [0.2, 0.25) is 15.9 Å². The Kier molecular flexibility index (Phi) is 6.82. The average molecular weight is 414 g/mol. The van der Waals surface area contributed by atoms with Gasteiger partial charge in [-0.2, -0.15) is 4.31 Å². The molecule has 0 radical (unpaired) electrons. The minimum absolute atomic E-state index is 0.0452. The molecule has 2 aromatic rings. The van der Waals surface area contributed by atoms with Gasteiger partial charge in [0.1, 0.15) is 0 Å². The van der Waals surface area contributed by atoms with Crippen LogP contribution in [0.1, 0.15) is 43.9 Å². The third-order valence-electron chi connectivity index (χ3n) is 5.25. The van der Waals surface area contributed by atoms with Gasteiger partial charge in [0.05, 0.1) is 10.9 Å². The van der Waals surface area contributed by atoms with Crippen molar-refractivity contribution < 1.29 is 13.2 Å². The molecule has 2 heterocycles. The first-order chi connectivity index (χ1) is 14.0. The Bertz CT molecular complexity index is 953. The van der Waals surface area contributed by atoms with Gasteiger partial charge in [-0.15, -0.1) is 0 Å². The first-order valence-electron chi connectivity index (χ1n) is 9.96. The number of amides is 1. The lowest BCUT2D eigenvalue weighted by Crippen LogP contribution is -2.30. The zero-order chi connectivity index (χ0) is 20.9. The molecule has 1 aliphatic rings. The first kappa shape index (κ1) is 21.2. The van der Waals surface area contributed by atoms with Crippen LogP contribution in [0.5, 0.6) is 0 Å². The largest absolute Gasteiger partial charge is 0.332 e. The Hall–Kier alpha value is -2.51. The Labute approximate surface area is 172 Å². The van der Waals surface area contributed by atoms with Crippen molar-refractivity contribution in [1.82, 2.24) is 14.2 Å². The van der Waals surface area contributed by atoms with E-state index in [4.69, 9.17) is 0 Å². The van der Waals surface area contributed by atoms with Crippen molar-refractivity contribution in [2.24, 2.45) is 0 Å². The molecular formula is C22H27N3O3S. The summed E-state index contributed by atoms with van der Waals surface area (Å²) in [7, 11) is -3.47. The van der Waals surface area contributed by atoms with E-state index in [0.29, 0.717) is 13.1 Å². The molecule has 1 fully saturated rings. The summed E-state index contributed by atoms with van der Waals surface area (Å²) in [5, 5.41) is 0. The average Bonchev–Trinajstić information content (AvgIpc) is 3.24. The lowest BCUT2D eigenvalue weighted by molar-refractivity contribution is -0.126. The summed E-state index contributed by atoms with van der Waals surface area (Å²) in [5.41, 5.74) is 1.84. The number of likely N-dealkylation sites (tertiary alicyclic amines) is 1. The molecule has 6 nitrogen and oxygen atoms in total. The van der Waals surface area contributed by atoms with Crippen LogP contribution in [0.3, 0.4) is 0 Å². The summed E-state index contributed by atoms with van der Waals surface area (Å²) in [6.07, 6.45) is 8.74. The molecule has 1 aromatic carbocycles. The number of benzene rings is 1. The Morgan fingerprint density at radius 1 is 1.21 bits per heavy atom. The molecule has 1 atom stereocenters. The number of carbonyl (C=O) groups is 1. The number of hydrogen-bond acceptors (Lipinski definition) is 4. The second-order valence-corrected chi connectivity index (χ2v) is 8.91. The van der Waals surface area contributed by atoms with Crippen LogP contribution in [0.2, 0.25) is 0 Å². The predicted octanol–water partition coefficient (Wildman–Crippen LogP) is 3.49. The quantitative estimate of drug-likeness (QED) is 0.652. The van der Waals surface area contributed by atoms with Gasteiger partial charge in [-0.05, 0) is 48.2 Å². The van der Waals surface area contributed by atoms with Crippen LogP contribution in [0.25, 0.3) is 6.08 Å². The van der Waals surface area contributed by atoms with Crippen LogP contribution < -0.4 is 0 Å². The lowest BCUT2D eigenvalue weighted by atomic mass is 10.1. The SMILES string of the molecule is CCN(CC)S(=O)(=O)c1ccc(C=CC(=O)N2CCCC2c2cccnc2)cc1. The fraction of sp³-hybridized carbons (Fsp3) is 0.364. The molecule has 1 saturated heterocycles. The lowest BCUT2D eigenvalue weighted by Gasteiger charge is -2.23. The minimum Gasteiger partial charge on any atom is -0.332 e. The van der Waals surface area contributed by atoms with Crippen LogP contribution in [-0.2, 0) is 14.8 Å².